The molecule has 2 aliphatic rings. The number of amides is 1. The summed E-state index contributed by atoms with van der Waals surface area (Å²) < 4.78 is 20.3. The molecule has 0 unspecified atom stereocenters. The van der Waals surface area contributed by atoms with Crippen molar-refractivity contribution in [2.24, 2.45) is 0 Å². The Balaban J connectivity index is 1.20. The average molecular weight is 438 g/mol. The van der Waals surface area contributed by atoms with Gasteiger partial charge in [-0.05, 0) is 25.0 Å². The van der Waals surface area contributed by atoms with Gasteiger partial charge in [0.1, 0.15) is 5.82 Å². The molecule has 7 nitrogen and oxygen atoms in total. The Hall–Kier alpha value is -1.91. The first-order valence-electron chi connectivity index (χ1n) is 9.78. The van der Waals surface area contributed by atoms with E-state index in [4.69, 9.17) is 4.74 Å². The fourth-order valence-electron chi connectivity index (χ4n) is 3.47. The molecule has 0 aliphatic carbocycles. The fraction of sp³-hybridized carbons (Fsp3) is 0.526. The van der Waals surface area contributed by atoms with Crippen LogP contribution in [0.4, 0.5) is 15.2 Å². The van der Waals surface area contributed by atoms with Crippen molar-refractivity contribution in [2.45, 2.75) is 23.3 Å². The summed E-state index contributed by atoms with van der Waals surface area (Å²) in [6, 6.07) is 6.77. The van der Waals surface area contributed by atoms with Crippen LogP contribution in [0.25, 0.3) is 0 Å². The maximum atomic E-state index is 13.9. The maximum Gasteiger partial charge on any atom is 0.233 e. The van der Waals surface area contributed by atoms with Gasteiger partial charge in [0.15, 0.2) is 4.34 Å². The van der Waals surface area contributed by atoms with E-state index in [0.717, 1.165) is 35.5 Å². The maximum absolute atomic E-state index is 13.9. The molecular weight excluding hydrogens is 413 g/mol. The third kappa shape index (κ3) is 5.37. The lowest BCUT2D eigenvalue weighted by Crippen LogP contribution is -2.49. The number of nitrogens with one attached hydrogen (secondary N) is 1. The fourth-order valence-corrected chi connectivity index (χ4v) is 5.13. The predicted octanol–water partition coefficient (Wildman–Crippen LogP) is 2.71. The van der Waals surface area contributed by atoms with E-state index >= 15 is 0 Å². The number of benzene rings is 1. The highest BCUT2D eigenvalue weighted by Crippen LogP contribution is 2.26. The minimum atomic E-state index is -0.219. The summed E-state index contributed by atoms with van der Waals surface area (Å²) in [7, 11) is 0. The summed E-state index contributed by atoms with van der Waals surface area (Å²) in [5, 5.41) is 12.3. The van der Waals surface area contributed by atoms with Gasteiger partial charge in [-0.15, -0.1) is 10.2 Å². The Morgan fingerprint density at radius 2 is 2.10 bits per heavy atom. The topological polar surface area (TPSA) is 70.6 Å². The van der Waals surface area contributed by atoms with Crippen LogP contribution in [-0.2, 0) is 9.53 Å². The van der Waals surface area contributed by atoms with E-state index in [1.54, 1.807) is 12.1 Å². The van der Waals surface area contributed by atoms with E-state index in [9.17, 15) is 9.18 Å². The van der Waals surface area contributed by atoms with Crippen molar-refractivity contribution in [1.29, 1.82) is 0 Å². The van der Waals surface area contributed by atoms with Gasteiger partial charge in [0.25, 0.3) is 0 Å². The lowest BCUT2D eigenvalue weighted by Gasteiger charge is -2.36. The molecule has 0 radical (unpaired) electrons. The van der Waals surface area contributed by atoms with Crippen LogP contribution in [0.2, 0.25) is 0 Å². The lowest BCUT2D eigenvalue weighted by atomic mass is 10.2. The van der Waals surface area contributed by atoms with Gasteiger partial charge in [-0.25, -0.2) is 4.39 Å². The number of ether oxygens (including phenoxy) is 1. The molecule has 1 aromatic heterocycles. The Morgan fingerprint density at radius 3 is 2.86 bits per heavy atom. The number of nitrogens with zero attached hydrogens (tertiary/aromatic N) is 4. The molecule has 1 amide bonds. The minimum absolute atomic E-state index is 0.0762. The first-order valence-corrected chi connectivity index (χ1v) is 11.6. The number of anilines is 2. The van der Waals surface area contributed by atoms with Crippen LogP contribution in [0.5, 0.6) is 0 Å². The zero-order valence-corrected chi connectivity index (χ0v) is 17.7. The van der Waals surface area contributed by atoms with Crippen molar-refractivity contribution in [3.8, 4) is 0 Å². The third-order valence-electron chi connectivity index (χ3n) is 5.06. The van der Waals surface area contributed by atoms with Crippen molar-refractivity contribution in [1.82, 2.24) is 15.1 Å². The number of carbonyl (C=O) groups excluding carboxylic acids is 1. The van der Waals surface area contributed by atoms with Gasteiger partial charge in [-0.2, -0.15) is 0 Å². The molecule has 4 rings (SSSR count). The molecule has 29 heavy (non-hydrogen) atoms. The number of hydrogen-bond acceptors (Lipinski definition) is 8. The van der Waals surface area contributed by atoms with Crippen LogP contribution in [0.1, 0.15) is 12.8 Å². The molecule has 0 bridgehead atoms. The molecule has 2 fully saturated rings. The second kappa shape index (κ2) is 9.73. The summed E-state index contributed by atoms with van der Waals surface area (Å²) in [6.45, 7) is 4.03. The standard InChI is InChI=1S/C19H24FN5O2S2/c20-15-5-1-2-6-16(15)24-7-9-25(10-8-24)17(26)13-28-19-23-22-18(29-19)21-12-14-4-3-11-27-14/h1-2,5-6,14H,3-4,7-13H2,(H,21,22)/t14-/m1/s1. The molecule has 3 heterocycles. The van der Waals surface area contributed by atoms with Crippen LogP contribution in [0, 0.1) is 5.82 Å². The van der Waals surface area contributed by atoms with Crippen LogP contribution in [0.15, 0.2) is 28.6 Å². The van der Waals surface area contributed by atoms with E-state index in [-0.39, 0.29) is 17.8 Å². The van der Waals surface area contributed by atoms with Crippen molar-refractivity contribution < 1.29 is 13.9 Å². The highest BCUT2D eigenvalue weighted by Gasteiger charge is 2.23. The van der Waals surface area contributed by atoms with Gasteiger partial charge in [0, 0.05) is 39.3 Å². The largest absolute Gasteiger partial charge is 0.376 e. The first-order chi connectivity index (χ1) is 14.2. The predicted molar refractivity (Wildman–Crippen MR) is 113 cm³/mol. The van der Waals surface area contributed by atoms with Crippen LogP contribution in [-0.4, -0.2) is 72.2 Å². The molecule has 1 aromatic carbocycles. The van der Waals surface area contributed by atoms with Crippen molar-refractivity contribution in [3.05, 3.63) is 30.1 Å². The molecule has 0 spiro atoms. The van der Waals surface area contributed by atoms with Crippen molar-refractivity contribution in [3.63, 3.8) is 0 Å². The zero-order valence-electron chi connectivity index (χ0n) is 16.1. The molecule has 1 N–H and O–H groups in total. The molecule has 1 atom stereocenters. The Kier molecular flexibility index (Phi) is 6.83. The number of halogens is 1. The SMILES string of the molecule is O=C(CSc1nnc(NC[C@H]2CCCO2)s1)N1CCN(c2ccccc2F)CC1. The molecular formula is C19H24FN5O2S2. The summed E-state index contributed by atoms with van der Waals surface area (Å²) >= 11 is 2.87. The zero-order chi connectivity index (χ0) is 20.1. The van der Waals surface area contributed by atoms with Gasteiger partial charge in [0.05, 0.1) is 17.5 Å². The van der Waals surface area contributed by atoms with E-state index in [1.807, 2.05) is 15.9 Å². The highest BCUT2D eigenvalue weighted by molar-refractivity contribution is 8.01. The number of thioether (sulfide) groups is 1. The van der Waals surface area contributed by atoms with Gasteiger partial charge in [-0.1, -0.05) is 35.2 Å². The molecule has 2 aliphatic heterocycles. The number of aromatic nitrogens is 2. The monoisotopic (exact) mass is 437 g/mol. The average Bonchev–Trinajstić information content (AvgIpc) is 3.43. The molecule has 156 valence electrons. The van der Waals surface area contributed by atoms with Gasteiger partial charge >= 0.3 is 0 Å². The van der Waals surface area contributed by atoms with Gasteiger partial charge in [-0.3, -0.25) is 4.79 Å². The molecule has 0 saturated carbocycles. The van der Waals surface area contributed by atoms with E-state index in [1.165, 1.54) is 29.2 Å². The van der Waals surface area contributed by atoms with Gasteiger partial charge in [0.2, 0.25) is 11.0 Å². The Bertz CT molecular complexity index is 822. The number of para-hydroxylation sites is 1. The quantitative estimate of drug-likeness (QED) is 0.668. The highest BCUT2D eigenvalue weighted by atomic mass is 32.2. The van der Waals surface area contributed by atoms with E-state index < -0.39 is 0 Å². The number of rotatable bonds is 7. The third-order valence-corrected chi connectivity index (χ3v) is 7.06. The Morgan fingerprint density at radius 1 is 1.28 bits per heavy atom. The number of hydrogen-bond donors (Lipinski definition) is 1. The minimum Gasteiger partial charge on any atom is -0.376 e. The van der Waals surface area contributed by atoms with Crippen LogP contribution < -0.4 is 10.2 Å². The van der Waals surface area contributed by atoms with Crippen LogP contribution in [0.3, 0.4) is 0 Å². The smallest absolute Gasteiger partial charge is 0.233 e. The second-order valence-corrected chi connectivity index (χ2v) is 9.20. The van der Waals surface area contributed by atoms with Crippen molar-refractivity contribution >= 4 is 39.8 Å². The number of piperazine rings is 1. The van der Waals surface area contributed by atoms with Crippen molar-refractivity contribution in [2.75, 3.05) is 55.3 Å². The normalized spacial score (nSPS) is 19.6. The first kappa shape index (κ1) is 20.4. The summed E-state index contributed by atoms with van der Waals surface area (Å²) in [5.41, 5.74) is 0.603. The lowest BCUT2D eigenvalue weighted by molar-refractivity contribution is -0.128. The van der Waals surface area contributed by atoms with Crippen LogP contribution >= 0.6 is 23.1 Å². The molecule has 2 saturated heterocycles. The second-order valence-electron chi connectivity index (χ2n) is 7.00. The molecule has 10 heteroatoms. The van der Waals surface area contributed by atoms with Gasteiger partial charge < -0.3 is 19.9 Å². The summed E-state index contributed by atoms with van der Waals surface area (Å²) in [6.07, 6.45) is 2.44. The molecule has 2 aromatic rings. The Labute approximate surface area is 177 Å². The van der Waals surface area contributed by atoms with E-state index in [0.29, 0.717) is 37.6 Å². The summed E-state index contributed by atoms with van der Waals surface area (Å²) in [4.78, 5) is 16.3. The van der Waals surface area contributed by atoms with E-state index in [2.05, 4.69) is 15.5 Å². The summed E-state index contributed by atoms with van der Waals surface area (Å²) in [5.74, 6) is 0.190. The number of carbonyl (C=O) groups is 1.